The number of aromatic nitrogens is 2. The van der Waals surface area contributed by atoms with Gasteiger partial charge in [0.1, 0.15) is 0 Å². The van der Waals surface area contributed by atoms with Gasteiger partial charge in [-0.2, -0.15) is 5.10 Å². The molecule has 1 radical (unpaired) electrons. The molecule has 1 aromatic heterocycles. The van der Waals surface area contributed by atoms with Gasteiger partial charge in [0, 0.05) is 13.2 Å². The molecule has 1 fully saturated rings. The molecule has 3 nitrogen and oxygen atoms in total. The van der Waals surface area contributed by atoms with Gasteiger partial charge >= 0.3 is 0 Å². The second-order valence-corrected chi connectivity index (χ2v) is 4.07. The van der Waals surface area contributed by atoms with E-state index in [9.17, 15) is 8.78 Å². The highest BCUT2D eigenvalue weighted by Gasteiger charge is 2.22. The molecule has 1 aromatic rings. The minimum Gasteiger partial charge on any atom is -0.385 e. The summed E-state index contributed by atoms with van der Waals surface area (Å²) >= 11 is 0. The van der Waals surface area contributed by atoms with Crippen LogP contribution in [0.3, 0.4) is 0 Å². The first kappa shape index (κ1) is 11.4. The molecular weight excluding hydrogens is 212 g/mol. The van der Waals surface area contributed by atoms with Crippen molar-refractivity contribution in [2.45, 2.75) is 38.2 Å². The van der Waals surface area contributed by atoms with Gasteiger partial charge in [-0.15, -0.1) is 0 Å². The highest BCUT2D eigenvalue weighted by atomic mass is 19.3. The third-order valence-electron chi connectivity index (χ3n) is 3.00. The van der Waals surface area contributed by atoms with Crippen molar-refractivity contribution in [2.75, 3.05) is 12.4 Å². The zero-order valence-corrected chi connectivity index (χ0v) is 9.29. The van der Waals surface area contributed by atoms with E-state index in [0.29, 0.717) is 5.69 Å². The van der Waals surface area contributed by atoms with E-state index in [1.165, 1.54) is 0 Å². The second-order valence-electron chi connectivity index (χ2n) is 4.07. The summed E-state index contributed by atoms with van der Waals surface area (Å²) in [5.41, 5.74) is 0.286. The molecule has 0 saturated heterocycles. The zero-order valence-electron chi connectivity index (χ0n) is 9.29. The maximum Gasteiger partial charge on any atom is 0.284 e. The summed E-state index contributed by atoms with van der Waals surface area (Å²) in [6.07, 6.45) is 5.55. The van der Waals surface area contributed by atoms with Crippen molar-refractivity contribution in [3.8, 4) is 0 Å². The van der Waals surface area contributed by atoms with Gasteiger partial charge in [0.15, 0.2) is 5.69 Å². The van der Waals surface area contributed by atoms with Gasteiger partial charge in [0.05, 0.1) is 11.7 Å². The second kappa shape index (κ2) is 4.80. The molecule has 0 bridgehead atoms. The Kier molecular flexibility index (Phi) is 3.41. The van der Waals surface area contributed by atoms with Crippen LogP contribution >= 0.6 is 0 Å². The van der Waals surface area contributed by atoms with Crippen molar-refractivity contribution >= 4 is 5.69 Å². The fourth-order valence-electron chi connectivity index (χ4n) is 2.11. The molecule has 5 heteroatoms. The average molecular weight is 228 g/mol. The topological polar surface area (TPSA) is 29.9 Å². The minimum absolute atomic E-state index is 0.145. The average Bonchev–Trinajstić information content (AvgIpc) is 2.74. The molecule has 1 saturated carbocycles. The van der Waals surface area contributed by atoms with E-state index in [0.717, 1.165) is 25.7 Å². The molecule has 1 unspecified atom stereocenters. The Morgan fingerprint density at radius 3 is 2.88 bits per heavy atom. The number of hydrogen-bond donors (Lipinski definition) is 1. The Morgan fingerprint density at radius 2 is 2.38 bits per heavy atom. The van der Waals surface area contributed by atoms with Gasteiger partial charge in [-0.25, -0.2) is 8.78 Å². The highest BCUT2D eigenvalue weighted by molar-refractivity contribution is 5.46. The van der Waals surface area contributed by atoms with Gasteiger partial charge in [-0.3, -0.25) is 4.68 Å². The van der Waals surface area contributed by atoms with E-state index in [2.05, 4.69) is 16.8 Å². The lowest BCUT2D eigenvalue weighted by atomic mass is 9.96. The number of nitrogens with one attached hydrogen (secondary N) is 1. The van der Waals surface area contributed by atoms with Crippen LogP contribution < -0.4 is 5.32 Å². The summed E-state index contributed by atoms with van der Waals surface area (Å²) in [4.78, 5) is 0. The summed E-state index contributed by atoms with van der Waals surface area (Å²) in [6, 6.07) is 0.244. The van der Waals surface area contributed by atoms with Gasteiger partial charge in [0.25, 0.3) is 6.43 Å². The number of rotatable bonds is 3. The van der Waals surface area contributed by atoms with Crippen LogP contribution in [-0.4, -0.2) is 16.8 Å². The van der Waals surface area contributed by atoms with E-state index in [4.69, 9.17) is 0 Å². The quantitative estimate of drug-likeness (QED) is 0.861. The Labute approximate surface area is 93.8 Å². The van der Waals surface area contributed by atoms with Crippen LogP contribution in [0.2, 0.25) is 0 Å². The van der Waals surface area contributed by atoms with E-state index < -0.39 is 6.43 Å². The minimum atomic E-state index is -2.52. The summed E-state index contributed by atoms with van der Waals surface area (Å²) in [6.45, 7) is 0. The lowest BCUT2D eigenvalue weighted by Gasteiger charge is -2.21. The molecule has 0 spiro atoms. The Balaban J connectivity index is 2.20. The number of hydrogen-bond acceptors (Lipinski definition) is 2. The maximum atomic E-state index is 12.7. The van der Waals surface area contributed by atoms with Gasteiger partial charge in [0.2, 0.25) is 0 Å². The number of anilines is 1. The predicted molar refractivity (Wildman–Crippen MR) is 58.5 cm³/mol. The summed E-state index contributed by atoms with van der Waals surface area (Å²) < 4.78 is 27.0. The first-order valence-electron chi connectivity index (χ1n) is 5.59. The number of alkyl halides is 2. The molecule has 1 N–H and O–H groups in total. The molecule has 16 heavy (non-hydrogen) atoms. The molecule has 0 aromatic carbocycles. The van der Waals surface area contributed by atoms with Crippen LogP contribution in [0.1, 0.15) is 43.8 Å². The first-order chi connectivity index (χ1) is 7.72. The predicted octanol–water partition coefficient (Wildman–Crippen LogP) is 3.18. The van der Waals surface area contributed by atoms with Crippen molar-refractivity contribution in [3.05, 3.63) is 18.3 Å². The van der Waals surface area contributed by atoms with Crippen LogP contribution in [0, 0.1) is 6.42 Å². The zero-order chi connectivity index (χ0) is 11.5. The molecule has 1 atom stereocenters. The van der Waals surface area contributed by atoms with E-state index in [1.807, 2.05) is 0 Å². The molecule has 1 aliphatic rings. The van der Waals surface area contributed by atoms with Crippen LogP contribution in [0.25, 0.3) is 0 Å². The normalized spacial score (nSPS) is 18.0. The number of nitrogens with zero attached hydrogens (tertiary/aromatic N) is 2. The van der Waals surface area contributed by atoms with E-state index >= 15 is 0 Å². The van der Waals surface area contributed by atoms with Crippen LogP contribution in [0.15, 0.2) is 6.20 Å². The van der Waals surface area contributed by atoms with Gasteiger partial charge in [-0.05, 0) is 19.3 Å². The van der Waals surface area contributed by atoms with Gasteiger partial charge < -0.3 is 5.32 Å². The van der Waals surface area contributed by atoms with Crippen molar-refractivity contribution in [1.82, 2.24) is 9.78 Å². The first-order valence-corrected chi connectivity index (χ1v) is 5.59. The Bertz CT molecular complexity index is 343. The fourth-order valence-corrected chi connectivity index (χ4v) is 2.11. The molecule has 1 heterocycles. The maximum absolute atomic E-state index is 12.7. The molecule has 0 aliphatic heterocycles. The summed E-state index contributed by atoms with van der Waals surface area (Å²) in [5.74, 6) is 0. The standard InChI is InChI=1S/C11H16F2N3/c1-14-9-7-16(15-10(9)11(12)13)8-5-3-2-4-6-8/h3,7-8,11,14H,2,4-6H2,1H3. The summed E-state index contributed by atoms with van der Waals surface area (Å²) in [7, 11) is 1.64. The van der Waals surface area contributed by atoms with E-state index in [-0.39, 0.29) is 11.7 Å². The largest absolute Gasteiger partial charge is 0.385 e. The van der Waals surface area contributed by atoms with Crippen LogP contribution in [0.4, 0.5) is 14.5 Å². The SMILES string of the molecule is CNc1cn(C2C[CH]CCC2)nc1C(F)F. The van der Waals surface area contributed by atoms with Gasteiger partial charge in [-0.1, -0.05) is 12.8 Å². The molecular formula is C11H16F2N3. The molecule has 0 amide bonds. The Hall–Kier alpha value is -1.13. The smallest absolute Gasteiger partial charge is 0.284 e. The van der Waals surface area contributed by atoms with Crippen molar-refractivity contribution in [2.24, 2.45) is 0 Å². The Morgan fingerprint density at radius 1 is 1.56 bits per heavy atom. The van der Waals surface area contributed by atoms with Crippen LogP contribution in [-0.2, 0) is 0 Å². The molecule has 89 valence electrons. The van der Waals surface area contributed by atoms with Crippen LogP contribution in [0.5, 0.6) is 0 Å². The third kappa shape index (κ3) is 2.18. The van der Waals surface area contributed by atoms with Crippen molar-refractivity contribution in [1.29, 1.82) is 0 Å². The third-order valence-corrected chi connectivity index (χ3v) is 3.00. The van der Waals surface area contributed by atoms with Crippen molar-refractivity contribution in [3.63, 3.8) is 0 Å². The lowest BCUT2D eigenvalue weighted by molar-refractivity contribution is 0.145. The lowest BCUT2D eigenvalue weighted by Crippen LogP contribution is -2.13. The summed E-state index contributed by atoms with van der Waals surface area (Å²) in [5, 5.41) is 6.75. The highest BCUT2D eigenvalue weighted by Crippen LogP contribution is 2.31. The monoisotopic (exact) mass is 228 g/mol. The molecule has 1 aliphatic carbocycles. The molecule has 2 rings (SSSR count). The van der Waals surface area contributed by atoms with Crippen molar-refractivity contribution < 1.29 is 8.78 Å². The van der Waals surface area contributed by atoms with E-state index in [1.54, 1.807) is 17.9 Å². The number of halogens is 2. The fraction of sp³-hybridized carbons (Fsp3) is 0.636.